The van der Waals surface area contributed by atoms with Gasteiger partial charge >= 0.3 is 6.09 Å². The van der Waals surface area contributed by atoms with Gasteiger partial charge in [0.25, 0.3) is 5.91 Å². The van der Waals surface area contributed by atoms with Crippen molar-refractivity contribution in [2.45, 2.75) is 20.8 Å². The van der Waals surface area contributed by atoms with E-state index in [2.05, 4.69) is 20.6 Å². The number of nitrogens with zero attached hydrogens (tertiary/aromatic N) is 2. The monoisotopic (exact) mass is 515 g/mol. The summed E-state index contributed by atoms with van der Waals surface area (Å²) in [5, 5.41) is 6.26. The highest BCUT2D eigenvalue weighted by Gasteiger charge is 2.15. The number of carbonyl (C=O) groups is 2. The number of fused-ring (bicyclic) bond motifs is 2. The molecule has 0 bridgehead atoms. The first-order chi connectivity index (χ1) is 17.8. The van der Waals surface area contributed by atoms with E-state index in [9.17, 15) is 9.59 Å². The van der Waals surface area contributed by atoms with E-state index in [0.29, 0.717) is 23.0 Å². The summed E-state index contributed by atoms with van der Waals surface area (Å²) < 4.78 is 12.2. The van der Waals surface area contributed by atoms with Crippen LogP contribution in [0.15, 0.2) is 48.5 Å². The quantitative estimate of drug-likeness (QED) is 0.275. The lowest BCUT2D eigenvalue weighted by Crippen LogP contribution is -2.24. The number of aryl methyl sites for hydroxylation is 3. The Labute approximate surface area is 216 Å². The van der Waals surface area contributed by atoms with E-state index < -0.39 is 6.09 Å². The predicted octanol–water partition coefficient (Wildman–Crippen LogP) is 5.50. The fourth-order valence-electron chi connectivity index (χ4n) is 4.14. The molecule has 0 spiro atoms. The summed E-state index contributed by atoms with van der Waals surface area (Å²) in [7, 11) is 1.57. The van der Waals surface area contributed by atoms with Gasteiger partial charge < -0.3 is 19.8 Å². The minimum Gasteiger partial charge on any atom is -0.484 e. The molecular weight excluding hydrogens is 490 g/mol. The lowest BCUT2D eigenvalue weighted by Gasteiger charge is -2.11. The van der Waals surface area contributed by atoms with Crippen molar-refractivity contribution in [1.29, 1.82) is 0 Å². The third kappa shape index (κ3) is 5.24. The molecule has 3 N–H and O–H groups in total. The van der Waals surface area contributed by atoms with Crippen molar-refractivity contribution in [3.8, 4) is 22.9 Å². The number of benzene rings is 3. The van der Waals surface area contributed by atoms with Crippen LogP contribution in [0.5, 0.6) is 11.5 Å². The average molecular weight is 516 g/mol. The van der Waals surface area contributed by atoms with E-state index in [1.807, 2.05) is 51.1 Å². The molecule has 37 heavy (non-hydrogen) atoms. The maximum Gasteiger partial charge on any atom is 0.417 e. The van der Waals surface area contributed by atoms with Crippen molar-refractivity contribution in [3.63, 3.8) is 0 Å². The van der Waals surface area contributed by atoms with E-state index in [-0.39, 0.29) is 12.5 Å². The van der Waals surface area contributed by atoms with Crippen molar-refractivity contribution in [3.05, 3.63) is 64.7 Å². The van der Waals surface area contributed by atoms with Crippen LogP contribution in [-0.2, 0) is 4.79 Å². The first-order valence-electron chi connectivity index (χ1n) is 11.6. The van der Waals surface area contributed by atoms with Crippen LogP contribution in [0, 0.1) is 20.8 Å². The lowest BCUT2D eigenvalue weighted by molar-refractivity contribution is -0.122. The van der Waals surface area contributed by atoms with Crippen LogP contribution in [0.3, 0.4) is 0 Å². The molecule has 188 valence electrons. The van der Waals surface area contributed by atoms with Crippen LogP contribution in [0.4, 0.5) is 10.5 Å². The van der Waals surface area contributed by atoms with Crippen LogP contribution >= 0.6 is 11.3 Å². The molecule has 2 heterocycles. The summed E-state index contributed by atoms with van der Waals surface area (Å²) in [6.45, 7) is 5.83. The first kappa shape index (κ1) is 24.3. The van der Waals surface area contributed by atoms with Crippen molar-refractivity contribution in [2.24, 2.45) is 0 Å². The zero-order valence-corrected chi connectivity index (χ0v) is 21.6. The fourth-order valence-corrected chi connectivity index (χ4v) is 4.95. The second-order valence-electron chi connectivity index (χ2n) is 8.59. The molecule has 0 radical (unpaired) electrons. The Kier molecular flexibility index (Phi) is 6.49. The second kappa shape index (κ2) is 9.90. The molecule has 0 unspecified atom stereocenters. The van der Waals surface area contributed by atoms with E-state index in [1.54, 1.807) is 36.6 Å². The highest BCUT2D eigenvalue weighted by molar-refractivity contribution is 7.18. The zero-order valence-electron chi connectivity index (χ0n) is 20.8. The number of likely N-dealkylation sites (N-methyl/N-ethyl adjacent to an activating group) is 1. The summed E-state index contributed by atoms with van der Waals surface area (Å²) in [6, 6.07) is 14.6. The Morgan fingerprint density at radius 2 is 1.73 bits per heavy atom. The van der Waals surface area contributed by atoms with Gasteiger partial charge in [-0.05, 0) is 74.4 Å². The van der Waals surface area contributed by atoms with Crippen LogP contribution < -0.4 is 20.1 Å². The van der Waals surface area contributed by atoms with Crippen molar-refractivity contribution in [2.75, 3.05) is 19.0 Å². The molecule has 2 amide bonds. The summed E-state index contributed by atoms with van der Waals surface area (Å²) in [5.41, 5.74) is 5.77. The largest absolute Gasteiger partial charge is 0.484 e. The van der Waals surface area contributed by atoms with Gasteiger partial charge in [-0.1, -0.05) is 0 Å². The zero-order chi connectivity index (χ0) is 26.1. The molecule has 0 aliphatic rings. The average Bonchev–Trinajstić information content (AvgIpc) is 3.43. The molecule has 0 atom stereocenters. The number of hydrogen-bond donors (Lipinski definition) is 3. The van der Waals surface area contributed by atoms with Gasteiger partial charge in [-0.15, -0.1) is 11.3 Å². The predicted molar refractivity (Wildman–Crippen MR) is 145 cm³/mol. The van der Waals surface area contributed by atoms with Crippen molar-refractivity contribution in [1.82, 2.24) is 20.3 Å². The number of carbonyl (C=O) groups excluding carboxylic acids is 2. The Bertz CT molecular complexity index is 1630. The SMILES string of the molecule is CNC(=O)COc1cc(C)c(-c2nc3ccc(OC(=O)Nc4ccc5sc(C)nc5c4)cc3[nH]2)c(C)c1. The van der Waals surface area contributed by atoms with Gasteiger partial charge in [-0.25, -0.2) is 14.8 Å². The normalized spacial score (nSPS) is 11.0. The maximum atomic E-state index is 12.5. The lowest BCUT2D eigenvalue weighted by atomic mass is 10.0. The number of hydrogen-bond acceptors (Lipinski definition) is 7. The maximum absolute atomic E-state index is 12.5. The van der Waals surface area contributed by atoms with Crippen LogP contribution in [0.1, 0.15) is 16.1 Å². The molecular formula is C27H25N5O4S. The minimum atomic E-state index is -0.593. The van der Waals surface area contributed by atoms with E-state index in [0.717, 1.165) is 42.9 Å². The van der Waals surface area contributed by atoms with E-state index in [4.69, 9.17) is 14.5 Å². The first-order valence-corrected chi connectivity index (χ1v) is 12.4. The number of H-pyrrole nitrogens is 1. The molecule has 0 saturated heterocycles. The Morgan fingerprint density at radius 1 is 0.946 bits per heavy atom. The van der Waals surface area contributed by atoms with Crippen LogP contribution in [0.2, 0.25) is 0 Å². The second-order valence-corrected chi connectivity index (χ2v) is 9.82. The smallest absolute Gasteiger partial charge is 0.417 e. The number of anilines is 1. The van der Waals surface area contributed by atoms with Gasteiger partial charge in [-0.2, -0.15) is 0 Å². The van der Waals surface area contributed by atoms with Crippen molar-refractivity contribution < 1.29 is 19.1 Å². The summed E-state index contributed by atoms with van der Waals surface area (Å²) in [5.74, 6) is 1.50. The molecule has 10 heteroatoms. The minimum absolute atomic E-state index is 0.0468. The number of imidazole rings is 1. The molecule has 5 rings (SSSR count). The molecule has 0 saturated carbocycles. The summed E-state index contributed by atoms with van der Waals surface area (Å²) in [6.07, 6.45) is -0.593. The molecule has 0 aliphatic heterocycles. The standard InChI is InChI=1S/C27H25N5O4S/c1-14-9-19(35-13-24(33)28-4)10-15(2)25(14)26-31-20-7-6-18(12-21(20)32-26)36-27(34)30-17-5-8-23-22(11-17)29-16(3)37-23/h5-12H,13H2,1-4H3,(H,28,33)(H,30,34)(H,31,32). The number of nitrogens with one attached hydrogen (secondary N) is 3. The number of aromatic nitrogens is 3. The topological polar surface area (TPSA) is 118 Å². The van der Waals surface area contributed by atoms with Gasteiger partial charge in [0.2, 0.25) is 0 Å². The summed E-state index contributed by atoms with van der Waals surface area (Å²) in [4.78, 5) is 36.5. The fraction of sp³-hybridized carbons (Fsp3) is 0.185. The molecule has 2 aromatic heterocycles. The molecule has 0 aliphatic carbocycles. The Morgan fingerprint density at radius 3 is 2.49 bits per heavy atom. The number of ether oxygens (including phenoxy) is 2. The third-order valence-electron chi connectivity index (χ3n) is 5.80. The van der Waals surface area contributed by atoms with Gasteiger partial charge in [-0.3, -0.25) is 10.1 Å². The van der Waals surface area contributed by atoms with Crippen molar-refractivity contribution >= 4 is 50.3 Å². The third-order valence-corrected chi connectivity index (χ3v) is 6.75. The Hall–Kier alpha value is -4.44. The van der Waals surface area contributed by atoms with Crippen LogP contribution in [0.25, 0.3) is 32.6 Å². The number of rotatable bonds is 6. The molecule has 3 aromatic carbocycles. The summed E-state index contributed by atoms with van der Waals surface area (Å²) >= 11 is 1.60. The highest BCUT2D eigenvalue weighted by Crippen LogP contribution is 2.32. The highest BCUT2D eigenvalue weighted by atomic mass is 32.1. The van der Waals surface area contributed by atoms with Gasteiger partial charge in [0.1, 0.15) is 17.3 Å². The molecule has 5 aromatic rings. The van der Waals surface area contributed by atoms with Crippen LogP contribution in [-0.4, -0.2) is 40.6 Å². The van der Waals surface area contributed by atoms with Gasteiger partial charge in [0.15, 0.2) is 6.61 Å². The van der Waals surface area contributed by atoms with Gasteiger partial charge in [0, 0.05) is 24.4 Å². The molecule has 0 fully saturated rings. The van der Waals surface area contributed by atoms with E-state index in [1.165, 1.54) is 0 Å². The Balaban J connectivity index is 1.32. The number of thiazole rings is 1. The number of amides is 2. The van der Waals surface area contributed by atoms with E-state index >= 15 is 0 Å². The molecule has 9 nitrogen and oxygen atoms in total. The number of aromatic amines is 1. The van der Waals surface area contributed by atoms with Gasteiger partial charge in [0.05, 0.1) is 26.3 Å².